The first-order chi connectivity index (χ1) is 43.9. The van der Waals surface area contributed by atoms with Crippen molar-refractivity contribution in [3.05, 3.63) is 12.3 Å². The summed E-state index contributed by atoms with van der Waals surface area (Å²) in [6, 6.07) is 0. The van der Waals surface area contributed by atoms with Crippen LogP contribution in [0.15, 0.2) is 12.3 Å². The third-order valence-electron chi connectivity index (χ3n) is 15.3. The second-order valence-corrected chi connectivity index (χ2v) is 42.1. The minimum Gasteiger partial charge on any atom is -0.502 e. The largest absolute Gasteiger partial charge is 0.502 e. The maximum Gasteiger partial charge on any atom is 0.158 e. The van der Waals surface area contributed by atoms with Crippen LogP contribution in [-0.2, 0) is 47.4 Å². The van der Waals surface area contributed by atoms with Crippen LogP contribution in [0.2, 0.25) is 0 Å². The van der Waals surface area contributed by atoms with Gasteiger partial charge in [-0.05, 0) is 191 Å². The number of methoxy groups -OCH3 is 4. The Morgan fingerprint density at radius 1 is 0.439 bits per heavy atom. The number of hydrogen-bond acceptors (Lipinski definition) is 12. The van der Waals surface area contributed by atoms with Gasteiger partial charge in [-0.25, -0.2) is 0 Å². The van der Waals surface area contributed by atoms with Crippen LogP contribution in [-0.4, -0.2) is 140 Å². The van der Waals surface area contributed by atoms with Crippen molar-refractivity contribution in [3.8, 4) is 0 Å². The van der Waals surface area contributed by atoms with Gasteiger partial charge < -0.3 is 57.6 Å². The zero-order valence-electron chi connectivity index (χ0n) is 73.4. The van der Waals surface area contributed by atoms with Crippen molar-refractivity contribution in [3.63, 3.8) is 0 Å². The predicted octanol–water partition coefficient (Wildman–Crippen LogP) is 24.0. The molecule has 3 unspecified atom stereocenters. The summed E-state index contributed by atoms with van der Waals surface area (Å²) in [5.74, 6) is 1.41. The van der Waals surface area contributed by atoms with E-state index in [4.69, 9.17) is 52.5 Å². The normalized spacial score (nSPS) is 20.5. The highest BCUT2D eigenvalue weighted by molar-refractivity contribution is 4.85. The number of aliphatic hydroxyl groups excluding tert-OH is 1. The number of ether oxygens (including phenoxy) is 10. The first kappa shape index (κ1) is 106. The fraction of sp³-hybridized carbons (Fsp3) is 0.977. The molecule has 0 aromatic carbocycles. The summed E-state index contributed by atoms with van der Waals surface area (Å²) in [7, 11) is 6.90. The van der Waals surface area contributed by atoms with Gasteiger partial charge in [0, 0.05) is 73.1 Å². The van der Waals surface area contributed by atoms with Crippen LogP contribution in [0.3, 0.4) is 0 Å². The SMILES string of the molecule is C=C(CCC(C)(C)C)OC.CC(C)(C)CC(C)(C)O.CC(C)(C)CC1(C)CCCO1.CC(C)(C)CC1CCCO1.CC(C)(C)CC1OCCO1.CC(C)(C)C[C@@H]1CCCO1.CC(C)(C)C[C@H]1CCCO1.CC(O)CC(C)(C)C.COCC(COC)CC(C)(C)C.COCCC(C)(C)C. The van der Waals surface area contributed by atoms with Crippen molar-refractivity contribution in [2.24, 2.45) is 60.1 Å². The summed E-state index contributed by atoms with van der Waals surface area (Å²) >= 11 is 0. The van der Waals surface area contributed by atoms with Crippen LogP contribution in [0.25, 0.3) is 0 Å². The molecule has 5 aliphatic rings. The van der Waals surface area contributed by atoms with Crippen LogP contribution < -0.4 is 0 Å². The quantitative estimate of drug-likeness (QED) is 0.134. The second-order valence-electron chi connectivity index (χ2n) is 42.1. The Balaban J connectivity index is -0.000000328. The van der Waals surface area contributed by atoms with Crippen LogP contribution in [0.4, 0.5) is 0 Å². The summed E-state index contributed by atoms with van der Waals surface area (Å²) in [5.41, 5.74) is 3.38. The Morgan fingerprint density at radius 3 is 1.00 bits per heavy atom. The van der Waals surface area contributed by atoms with Crippen molar-refractivity contribution in [1.29, 1.82) is 0 Å². The monoisotopic (exact) mass is 1410 g/mol. The smallest absolute Gasteiger partial charge is 0.158 e. The van der Waals surface area contributed by atoms with Gasteiger partial charge in [-0.2, -0.15) is 0 Å². The van der Waals surface area contributed by atoms with Gasteiger partial charge in [0.25, 0.3) is 0 Å². The third-order valence-corrected chi connectivity index (χ3v) is 15.3. The van der Waals surface area contributed by atoms with E-state index < -0.39 is 5.60 Å². The van der Waals surface area contributed by atoms with Gasteiger partial charge in [0.1, 0.15) is 0 Å². The molecule has 0 amide bonds. The lowest BCUT2D eigenvalue weighted by Gasteiger charge is -2.31. The standard InChI is InChI=1S/C10H22O2.C10H20O.4C9H18O.C8H16O2.C8H18O.2C7H16O/c1-10(2,3)6-9(7-11-4)8-12-5;1-9(2,3)8-10(4)6-5-7-11-10;3*1-9(2,3)7-8-5-4-6-10-8;1-8(10-5)6-7-9(2,3)4;1-8(2,3)6-7-9-4-5-10-7;1-7(2,3)6-8(4,5)9;1-7(2,3)5-6-8-4;1-6(8)5-7(2,3)4/h9H,6-8H2,1-5H3;5-8H2,1-4H3;3*8H,4-7H2,1-3H3;1,6-7H2,2-5H3;7H,4-6H2,1-3H3;9H,6H2,1-5H3;5-6H2,1-4H3;6,8H,5H2,1-4H3/t;;2*8-;;;;;;/m..10....../s1. The van der Waals surface area contributed by atoms with E-state index >= 15 is 0 Å². The van der Waals surface area contributed by atoms with Gasteiger partial charge in [-0.1, -0.05) is 214 Å². The minimum atomic E-state index is -0.516. The third kappa shape index (κ3) is 89.3. The van der Waals surface area contributed by atoms with Gasteiger partial charge >= 0.3 is 0 Å². The fourth-order valence-electron chi connectivity index (χ4n) is 12.3. The lowest BCUT2D eigenvalue weighted by molar-refractivity contribution is -0.0654. The van der Waals surface area contributed by atoms with Crippen molar-refractivity contribution in [2.45, 2.75) is 399 Å². The summed E-state index contributed by atoms with van der Waals surface area (Å²) in [6.07, 6.45) is 23.6. The van der Waals surface area contributed by atoms with Gasteiger partial charge in [0.05, 0.1) is 74.9 Å². The summed E-state index contributed by atoms with van der Waals surface area (Å²) in [4.78, 5) is 0. The van der Waals surface area contributed by atoms with E-state index in [1.54, 1.807) is 28.4 Å². The molecule has 0 spiro atoms. The Morgan fingerprint density at radius 2 is 0.806 bits per heavy atom. The molecule has 98 heavy (non-hydrogen) atoms. The average molecular weight is 1410 g/mol. The first-order valence-electron chi connectivity index (χ1n) is 38.7. The zero-order valence-corrected chi connectivity index (χ0v) is 73.4. The van der Waals surface area contributed by atoms with E-state index in [1.165, 1.54) is 77.0 Å². The minimum absolute atomic E-state index is 0.0556. The highest BCUT2D eigenvalue weighted by atomic mass is 16.7. The van der Waals surface area contributed by atoms with Crippen molar-refractivity contribution in [2.75, 3.05) is 87.9 Å². The van der Waals surface area contributed by atoms with Crippen LogP contribution in [0, 0.1) is 60.1 Å². The Hall–Kier alpha value is -0.900. The molecule has 0 radical (unpaired) electrons. The molecule has 0 bridgehead atoms. The lowest BCUT2D eigenvalue weighted by atomic mass is 9.81. The van der Waals surface area contributed by atoms with Crippen LogP contribution >= 0.6 is 0 Å². The topological polar surface area (TPSA) is 133 Å². The molecular formula is C86H180O12. The number of hydrogen-bond donors (Lipinski definition) is 2. The Kier molecular flexibility index (Phi) is 55.4. The molecule has 596 valence electrons. The second kappa shape index (κ2) is 51.3. The zero-order chi connectivity index (χ0) is 77.9. The first-order valence-corrected chi connectivity index (χ1v) is 38.7. The maximum absolute atomic E-state index is 9.35. The van der Waals surface area contributed by atoms with E-state index in [-0.39, 0.29) is 28.8 Å². The van der Waals surface area contributed by atoms with Crippen molar-refractivity contribution < 1.29 is 57.6 Å². The average Bonchev–Trinajstić information content (AvgIpc) is 1.94. The number of allylic oxidation sites excluding steroid dienone is 1. The lowest BCUT2D eigenvalue weighted by Crippen LogP contribution is -2.29. The highest BCUT2D eigenvalue weighted by Crippen LogP contribution is 2.37. The Labute approximate surface area is 614 Å². The van der Waals surface area contributed by atoms with Gasteiger partial charge in [0.2, 0.25) is 0 Å². The maximum atomic E-state index is 9.35. The summed E-state index contributed by atoms with van der Waals surface area (Å²) in [6.45, 7) is 86.1. The van der Waals surface area contributed by atoms with Crippen LogP contribution in [0.1, 0.15) is 357 Å². The summed E-state index contributed by atoms with van der Waals surface area (Å²) < 4.78 is 53.0. The van der Waals surface area contributed by atoms with Crippen molar-refractivity contribution >= 4 is 0 Å². The molecular weight excluding hydrogens is 1220 g/mol. The molecule has 0 saturated carbocycles. The molecule has 12 heteroatoms. The number of aliphatic hydroxyl groups is 2. The van der Waals surface area contributed by atoms with Gasteiger partial charge in [0.15, 0.2) is 6.29 Å². The molecule has 5 rings (SSSR count). The molecule has 5 atom stereocenters. The molecule has 5 aliphatic heterocycles. The highest BCUT2D eigenvalue weighted by Gasteiger charge is 2.34. The number of rotatable bonds is 17. The fourth-order valence-corrected chi connectivity index (χ4v) is 12.3. The molecule has 5 fully saturated rings. The van der Waals surface area contributed by atoms with E-state index in [2.05, 4.69) is 221 Å². The molecule has 0 aromatic heterocycles. The van der Waals surface area contributed by atoms with E-state index in [9.17, 15) is 5.11 Å². The molecule has 5 heterocycles. The van der Waals surface area contributed by atoms with E-state index in [0.29, 0.717) is 67.5 Å². The summed E-state index contributed by atoms with van der Waals surface area (Å²) in [5, 5.41) is 18.2. The molecule has 5 saturated heterocycles. The van der Waals surface area contributed by atoms with Crippen molar-refractivity contribution in [1.82, 2.24) is 0 Å². The predicted molar refractivity (Wildman–Crippen MR) is 425 cm³/mol. The van der Waals surface area contributed by atoms with Crippen LogP contribution in [0.5, 0.6) is 0 Å². The molecule has 2 N–H and O–H groups in total. The van der Waals surface area contributed by atoms with E-state index in [0.717, 1.165) is 110 Å². The van der Waals surface area contributed by atoms with Gasteiger partial charge in [-0.3, -0.25) is 0 Å². The Bertz CT molecular complexity index is 1670. The van der Waals surface area contributed by atoms with Gasteiger partial charge in [-0.15, -0.1) is 0 Å². The molecule has 0 aliphatic carbocycles. The molecule has 0 aromatic rings. The van der Waals surface area contributed by atoms with E-state index in [1.807, 2.05) is 20.8 Å². The molecule has 12 nitrogen and oxygen atoms in total.